The van der Waals surface area contributed by atoms with Crippen molar-refractivity contribution in [2.24, 2.45) is 0 Å². The van der Waals surface area contributed by atoms with Crippen LogP contribution in [0.2, 0.25) is 0 Å². The van der Waals surface area contributed by atoms with Gasteiger partial charge in [-0.25, -0.2) is 4.39 Å². The van der Waals surface area contributed by atoms with Crippen LogP contribution in [0.25, 0.3) is 0 Å². The second-order valence-electron chi connectivity index (χ2n) is 4.61. The normalized spacial score (nSPS) is 23.7. The van der Waals surface area contributed by atoms with Crippen molar-refractivity contribution in [3.8, 4) is 0 Å². The number of hydrogen-bond donors (Lipinski definition) is 3. The second-order valence-corrected chi connectivity index (χ2v) is 4.61. The van der Waals surface area contributed by atoms with E-state index in [1.165, 1.54) is 6.07 Å². The van der Waals surface area contributed by atoms with Crippen molar-refractivity contribution in [3.05, 3.63) is 29.6 Å². The highest BCUT2D eigenvalue weighted by atomic mass is 19.1. The Morgan fingerprint density at radius 2 is 2.00 bits per heavy atom. The van der Waals surface area contributed by atoms with Gasteiger partial charge < -0.3 is 20.4 Å². The Hall–Kier alpha value is -1.17. The molecule has 1 heterocycles. The van der Waals surface area contributed by atoms with Crippen LogP contribution in [0.15, 0.2) is 18.2 Å². The van der Waals surface area contributed by atoms with E-state index in [2.05, 4.69) is 5.32 Å². The average Bonchev–Trinajstić information content (AvgIpc) is 2.67. The zero-order chi connectivity index (χ0) is 13.1. The zero-order valence-corrected chi connectivity index (χ0v) is 10.4. The summed E-state index contributed by atoms with van der Waals surface area (Å²) in [6, 6.07) is 5.06. The van der Waals surface area contributed by atoms with Crippen LogP contribution >= 0.6 is 0 Å². The summed E-state index contributed by atoms with van der Waals surface area (Å²) in [7, 11) is 0. The highest BCUT2D eigenvalue weighted by Gasteiger charge is 2.30. The van der Waals surface area contributed by atoms with E-state index in [1.807, 2.05) is 13.0 Å². The van der Waals surface area contributed by atoms with Gasteiger partial charge in [0.05, 0.1) is 17.9 Å². The first-order chi connectivity index (χ1) is 8.61. The Balaban J connectivity index is 2.10. The number of nitrogens with one attached hydrogen (secondary N) is 1. The average molecular weight is 254 g/mol. The zero-order valence-electron chi connectivity index (χ0n) is 10.4. The molecule has 18 heavy (non-hydrogen) atoms. The minimum absolute atomic E-state index is 0.268. The Bertz CT molecular complexity index is 404. The molecule has 1 aromatic carbocycles. The van der Waals surface area contributed by atoms with Gasteiger partial charge in [0.1, 0.15) is 5.82 Å². The van der Waals surface area contributed by atoms with Gasteiger partial charge in [-0.1, -0.05) is 13.0 Å². The molecule has 1 saturated heterocycles. The molecule has 1 aliphatic heterocycles. The van der Waals surface area contributed by atoms with Gasteiger partial charge in [0.15, 0.2) is 0 Å². The molecule has 5 heteroatoms. The van der Waals surface area contributed by atoms with Gasteiger partial charge in [0.2, 0.25) is 0 Å². The van der Waals surface area contributed by atoms with Crippen molar-refractivity contribution in [2.75, 3.05) is 24.5 Å². The summed E-state index contributed by atoms with van der Waals surface area (Å²) < 4.78 is 14.0. The van der Waals surface area contributed by atoms with E-state index in [0.717, 1.165) is 12.1 Å². The fourth-order valence-electron chi connectivity index (χ4n) is 2.15. The lowest BCUT2D eigenvalue weighted by Crippen LogP contribution is -2.22. The molecule has 0 aromatic heterocycles. The van der Waals surface area contributed by atoms with Crippen LogP contribution < -0.4 is 10.2 Å². The van der Waals surface area contributed by atoms with Crippen molar-refractivity contribution < 1.29 is 14.6 Å². The van der Waals surface area contributed by atoms with Crippen LogP contribution in [0, 0.1) is 5.82 Å². The largest absolute Gasteiger partial charge is 0.389 e. The summed E-state index contributed by atoms with van der Waals surface area (Å²) in [6.07, 6.45) is -1.60. The third-order valence-corrected chi connectivity index (χ3v) is 3.19. The molecule has 0 spiro atoms. The van der Waals surface area contributed by atoms with E-state index >= 15 is 0 Å². The molecule has 3 N–H and O–H groups in total. The molecule has 4 nitrogen and oxygen atoms in total. The fraction of sp³-hybridized carbons (Fsp3) is 0.538. The number of aliphatic hydroxyl groups excluding tert-OH is 2. The van der Waals surface area contributed by atoms with E-state index < -0.39 is 12.2 Å². The number of aliphatic hydroxyl groups is 2. The SMILES string of the molecule is CCNCc1ccc(N2CC(O)C(O)C2)c(F)c1. The van der Waals surface area contributed by atoms with Gasteiger partial charge in [0, 0.05) is 19.6 Å². The Kier molecular flexibility index (Phi) is 4.16. The van der Waals surface area contributed by atoms with E-state index in [0.29, 0.717) is 12.2 Å². The number of benzene rings is 1. The van der Waals surface area contributed by atoms with Gasteiger partial charge in [-0.05, 0) is 24.2 Å². The predicted octanol–water partition coefficient (Wildman–Crippen LogP) is 0.477. The van der Waals surface area contributed by atoms with Crippen LogP contribution in [0.5, 0.6) is 0 Å². The predicted molar refractivity (Wildman–Crippen MR) is 68.0 cm³/mol. The summed E-state index contributed by atoms with van der Waals surface area (Å²) in [5.74, 6) is -0.313. The van der Waals surface area contributed by atoms with E-state index in [4.69, 9.17) is 0 Å². The Labute approximate surface area is 106 Å². The summed E-state index contributed by atoms with van der Waals surface area (Å²) in [4.78, 5) is 1.67. The maximum atomic E-state index is 14.0. The van der Waals surface area contributed by atoms with E-state index in [-0.39, 0.29) is 18.9 Å². The number of anilines is 1. The smallest absolute Gasteiger partial charge is 0.146 e. The number of halogens is 1. The fourth-order valence-corrected chi connectivity index (χ4v) is 2.15. The second kappa shape index (κ2) is 5.65. The highest BCUT2D eigenvalue weighted by molar-refractivity contribution is 5.50. The van der Waals surface area contributed by atoms with Gasteiger partial charge >= 0.3 is 0 Å². The summed E-state index contributed by atoms with van der Waals surface area (Å²) in [6.45, 7) is 4.01. The lowest BCUT2D eigenvalue weighted by Gasteiger charge is -2.19. The summed E-state index contributed by atoms with van der Waals surface area (Å²) >= 11 is 0. The maximum Gasteiger partial charge on any atom is 0.146 e. The molecule has 1 aliphatic rings. The lowest BCUT2D eigenvalue weighted by atomic mass is 10.2. The topological polar surface area (TPSA) is 55.7 Å². The summed E-state index contributed by atoms with van der Waals surface area (Å²) in [5.41, 5.74) is 1.32. The van der Waals surface area contributed by atoms with E-state index in [1.54, 1.807) is 11.0 Å². The quantitative estimate of drug-likeness (QED) is 0.731. The molecule has 0 saturated carbocycles. The minimum atomic E-state index is -0.800. The molecule has 2 atom stereocenters. The van der Waals surface area contributed by atoms with Crippen molar-refractivity contribution in [1.29, 1.82) is 0 Å². The number of rotatable bonds is 4. The number of hydrogen-bond acceptors (Lipinski definition) is 4. The molecular weight excluding hydrogens is 235 g/mol. The van der Waals surface area contributed by atoms with Crippen molar-refractivity contribution >= 4 is 5.69 Å². The van der Waals surface area contributed by atoms with Crippen LogP contribution in [0.3, 0.4) is 0 Å². The van der Waals surface area contributed by atoms with Crippen LogP contribution in [0.4, 0.5) is 10.1 Å². The summed E-state index contributed by atoms with van der Waals surface area (Å²) in [5, 5.41) is 22.1. The molecule has 2 rings (SSSR count). The third kappa shape index (κ3) is 2.80. The first-order valence-electron chi connectivity index (χ1n) is 6.22. The van der Waals surface area contributed by atoms with Crippen molar-refractivity contribution in [3.63, 3.8) is 0 Å². The van der Waals surface area contributed by atoms with Gasteiger partial charge in [-0.2, -0.15) is 0 Å². The molecule has 100 valence electrons. The molecule has 1 fully saturated rings. The van der Waals surface area contributed by atoms with Crippen molar-refractivity contribution in [2.45, 2.75) is 25.7 Å². The molecule has 0 amide bonds. The molecule has 1 aromatic rings. The number of nitrogens with zero attached hydrogens (tertiary/aromatic N) is 1. The molecular formula is C13H19FN2O2. The van der Waals surface area contributed by atoms with E-state index in [9.17, 15) is 14.6 Å². The third-order valence-electron chi connectivity index (χ3n) is 3.19. The lowest BCUT2D eigenvalue weighted by molar-refractivity contribution is 0.0572. The maximum absolute atomic E-state index is 14.0. The van der Waals surface area contributed by atoms with Gasteiger partial charge in [0.25, 0.3) is 0 Å². The van der Waals surface area contributed by atoms with Gasteiger partial charge in [-0.15, -0.1) is 0 Å². The Morgan fingerprint density at radius 1 is 1.33 bits per heavy atom. The van der Waals surface area contributed by atoms with Gasteiger partial charge in [-0.3, -0.25) is 0 Å². The molecule has 0 bridgehead atoms. The van der Waals surface area contributed by atoms with Crippen LogP contribution in [0.1, 0.15) is 12.5 Å². The van der Waals surface area contributed by atoms with Crippen LogP contribution in [-0.4, -0.2) is 42.1 Å². The first kappa shape index (κ1) is 13.3. The van der Waals surface area contributed by atoms with Crippen molar-refractivity contribution in [1.82, 2.24) is 5.32 Å². The molecule has 0 aliphatic carbocycles. The highest BCUT2D eigenvalue weighted by Crippen LogP contribution is 2.24. The Morgan fingerprint density at radius 3 is 2.56 bits per heavy atom. The standard InChI is InChI=1S/C13H19FN2O2/c1-2-15-6-9-3-4-11(10(14)5-9)16-7-12(17)13(18)8-16/h3-5,12-13,15,17-18H,2,6-8H2,1H3. The minimum Gasteiger partial charge on any atom is -0.389 e. The molecule has 2 unspecified atom stereocenters. The van der Waals surface area contributed by atoms with Crippen LogP contribution in [-0.2, 0) is 6.54 Å². The number of β-amino-alcohol motifs (C(OH)–C–C–N with tert-alkyl or cyclic N) is 2. The monoisotopic (exact) mass is 254 g/mol. The molecule has 0 radical (unpaired) electrons. The first-order valence-corrected chi connectivity index (χ1v) is 6.22.